The Morgan fingerprint density at radius 3 is 2.68 bits per heavy atom. The van der Waals surface area contributed by atoms with Gasteiger partial charge in [0.2, 0.25) is 0 Å². The van der Waals surface area contributed by atoms with Gasteiger partial charge in [-0.25, -0.2) is 4.98 Å². The number of pyridine rings is 1. The molecule has 0 bridgehead atoms. The summed E-state index contributed by atoms with van der Waals surface area (Å²) < 4.78 is 11.5. The lowest BCUT2D eigenvalue weighted by molar-refractivity contribution is 0.302. The van der Waals surface area contributed by atoms with Gasteiger partial charge in [0.05, 0.1) is 11.2 Å². The number of hydrogen-bond donors (Lipinski definition) is 0. The van der Waals surface area contributed by atoms with Crippen molar-refractivity contribution >= 4 is 34.2 Å². The van der Waals surface area contributed by atoms with Gasteiger partial charge < -0.3 is 9.15 Å². The normalized spacial score (nSPS) is 11.2. The van der Waals surface area contributed by atoms with Crippen LogP contribution in [0.3, 0.4) is 0 Å². The van der Waals surface area contributed by atoms with E-state index < -0.39 is 0 Å². The predicted molar refractivity (Wildman–Crippen MR) is 120 cm³/mol. The predicted octanol–water partition coefficient (Wildman–Crippen LogP) is 6.00. The molecule has 5 heteroatoms. The van der Waals surface area contributed by atoms with Gasteiger partial charge in [-0.15, -0.1) is 0 Å². The molecule has 148 valence electrons. The summed E-state index contributed by atoms with van der Waals surface area (Å²) in [5.41, 5.74) is 4.95. The Morgan fingerprint density at radius 2 is 1.74 bits per heavy atom. The Bertz CT molecular complexity index is 1460. The van der Waals surface area contributed by atoms with Crippen LogP contribution >= 0.6 is 0 Å². The zero-order valence-electron chi connectivity index (χ0n) is 16.5. The standard InChI is InChI=1S/C26H17N3O2/c27-16-25-29-24-10-4-7-20(26(24)31-25)12-11-18-5-3-8-22(15-18)30-17-21-14-13-19-6-1-2-9-23(19)28-21/h1-15H,17H2/b12-11+. The molecule has 0 amide bonds. The van der Waals surface area contributed by atoms with Crippen LogP contribution in [0.4, 0.5) is 0 Å². The molecule has 0 spiro atoms. The summed E-state index contributed by atoms with van der Waals surface area (Å²) in [6.45, 7) is 0.395. The van der Waals surface area contributed by atoms with E-state index in [4.69, 9.17) is 14.4 Å². The molecule has 0 fully saturated rings. The molecule has 0 N–H and O–H groups in total. The maximum absolute atomic E-state index is 9.01. The van der Waals surface area contributed by atoms with E-state index in [0.29, 0.717) is 17.7 Å². The SMILES string of the molecule is N#Cc1nc2cccc(/C=C/c3cccc(OCc4ccc5ccccc5n4)c3)c2o1. The second-order valence-electron chi connectivity index (χ2n) is 7.02. The van der Waals surface area contributed by atoms with Gasteiger partial charge in [-0.05, 0) is 35.9 Å². The monoisotopic (exact) mass is 403 g/mol. The Labute approximate surface area is 178 Å². The first kappa shape index (κ1) is 18.6. The van der Waals surface area contributed by atoms with E-state index in [1.807, 2.05) is 91.0 Å². The van der Waals surface area contributed by atoms with E-state index in [1.165, 1.54) is 0 Å². The number of aromatic nitrogens is 2. The van der Waals surface area contributed by atoms with Gasteiger partial charge in [0.1, 0.15) is 17.9 Å². The van der Waals surface area contributed by atoms with Crippen molar-refractivity contribution in [2.75, 3.05) is 0 Å². The van der Waals surface area contributed by atoms with Crippen molar-refractivity contribution in [3.63, 3.8) is 0 Å². The van der Waals surface area contributed by atoms with Crippen LogP contribution in [0.2, 0.25) is 0 Å². The average molecular weight is 403 g/mol. The Hall–Kier alpha value is -4.43. The number of benzene rings is 3. The number of nitriles is 1. The summed E-state index contributed by atoms with van der Waals surface area (Å²) in [4.78, 5) is 8.79. The molecule has 0 aliphatic rings. The van der Waals surface area contributed by atoms with Crippen molar-refractivity contribution in [2.24, 2.45) is 0 Å². The smallest absolute Gasteiger partial charge is 0.301 e. The second kappa shape index (κ2) is 8.13. The average Bonchev–Trinajstić information content (AvgIpc) is 3.26. The second-order valence-corrected chi connectivity index (χ2v) is 7.02. The van der Waals surface area contributed by atoms with Gasteiger partial charge in [-0.2, -0.15) is 10.2 Å². The number of hydrogen-bond acceptors (Lipinski definition) is 5. The fourth-order valence-electron chi connectivity index (χ4n) is 3.39. The van der Waals surface area contributed by atoms with Crippen LogP contribution in [0.25, 0.3) is 34.2 Å². The Balaban J connectivity index is 1.33. The minimum absolute atomic E-state index is 0.0635. The van der Waals surface area contributed by atoms with Crippen molar-refractivity contribution in [3.8, 4) is 11.8 Å². The maximum Gasteiger partial charge on any atom is 0.301 e. The molecule has 0 atom stereocenters. The van der Waals surface area contributed by atoms with Gasteiger partial charge in [0.15, 0.2) is 11.7 Å². The summed E-state index contributed by atoms with van der Waals surface area (Å²) in [5.74, 6) is 0.829. The minimum atomic E-state index is 0.0635. The molecule has 5 rings (SSSR count). The molecule has 5 nitrogen and oxygen atoms in total. The number of nitrogens with zero attached hydrogens (tertiary/aromatic N) is 3. The van der Waals surface area contributed by atoms with Crippen LogP contribution in [0.1, 0.15) is 22.7 Å². The molecule has 3 aromatic carbocycles. The Morgan fingerprint density at radius 1 is 0.871 bits per heavy atom. The molecule has 0 saturated carbocycles. The van der Waals surface area contributed by atoms with Crippen molar-refractivity contribution in [1.82, 2.24) is 9.97 Å². The number of oxazole rings is 1. The van der Waals surface area contributed by atoms with Gasteiger partial charge in [0.25, 0.3) is 0 Å². The number of rotatable bonds is 5. The largest absolute Gasteiger partial charge is 0.487 e. The van der Waals surface area contributed by atoms with E-state index in [9.17, 15) is 0 Å². The highest BCUT2D eigenvalue weighted by atomic mass is 16.5. The third kappa shape index (κ3) is 4.00. The van der Waals surface area contributed by atoms with Crippen molar-refractivity contribution in [1.29, 1.82) is 5.26 Å². The highest BCUT2D eigenvalue weighted by molar-refractivity contribution is 5.87. The summed E-state index contributed by atoms with van der Waals surface area (Å²) in [5, 5.41) is 10.1. The van der Waals surface area contributed by atoms with E-state index in [-0.39, 0.29) is 5.89 Å². The Kier molecular flexibility index (Phi) is 4.88. The molecule has 0 unspecified atom stereocenters. The maximum atomic E-state index is 9.01. The lowest BCUT2D eigenvalue weighted by Gasteiger charge is -2.07. The summed E-state index contributed by atoms with van der Waals surface area (Å²) in [6, 6.07) is 27.5. The molecule has 31 heavy (non-hydrogen) atoms. The molecule has 2 aromatic heterocycles. The van der Waals surface area contributed by atoms with Crippen LogP contribution in [0.5, 0.6) is 5.75 Å². The van der Waals surface area contributed by atoms with Crippen LogP contribution < -0.4 is 4.74 Å². The summed E-state index contributed by atoms with van der Waals surface area (Å²) in [6.07, 6.45) is 3.92. The molecule has 0 radical (unpaired) electrons. The fraction of sp³-hybridized carbons (Fsp3) is 0.0385. The fourth-order valence-corrected chi connectivity index (χ4v) is 3.39. The molecule has 0 aliphatic heterocycles. The third-order valence-corrected chi connectivity index (χ3v) is 4.90. The van der Waals surface area contributed by atoms with Gasteiger partial charge >= 0.3 is 5.89 Å². The number of para-hydroxylation sites is 2. The van der Waals surface area contributed by atoms with Crippen molar-refractivity contribution in [3.05, 3.63) is 102 Å². The molecule has 0 aliphatic carbocycles. The lowest BCUT2D eigenvalue weighted by Crippen LogP contribution is -1.98. The number of ether oxygens (including phenoxy) is 1. The topological polar surface area (TPSA) is 71.9 Å². The van der Waals surface area contributed by atoms with Crippen molar-refractivity contribution in [2.45, 2.75) is 6.61 Å². The molecule has 0 saturated heterocycles. The van der Waals surface area contributed by atoms with Gasteiger partial charge in [-0.1, -0.05) is 60.7 Å². The van der Waals surface area contributed by atoms with Gasteiger partial charge in [-0.3, -0.25) is 0 Å². The lowest BCUT2D eigenvalue weighted by atomic mass is 10.1. The summed E-state index contributed by atoms with van der Waals surface area (Å²) >= 11 is 0. The molecule has 5 aromatic rings. The van der Waals surface area contributed by atoms with Crippen molar-refractivity contribution < 1.29 is 9.15 Å². The highest BCUT2D eigenvalue weighted by Crippen LogP contribution is 2.23. The zero-order chi connectivity index (χ0) is 21.0. The third-order valence-electron chi connectivity index (χ3n) is 4.90. The first-order valence-electron chi connectivity index (χ1n) is 9.84. The van der Waals surface area contributed by atoms with E-state index >= 15 is 0 Å². The van der Waals surface area contributed by atoms with E-state index in [1.54, 1.807) is 0 Å². The van der Waals surface area contributed by atoms with Crippen LogP contribution in [0.15, 0.2) is 83.3 Å². The minimum Gasteiger partial charge on any atom is -0.487 e. The molecular weight excluding hydrogens is 386 g/mol. The molecular formula is C26H17N3O2. The van der Waals surface area contributed by atoms with Crippen LogP contribution in [-0.4, -0.2) is 9.97 Å². The quantitative estimate of drug-likeness (QED) is 0.337. The van der Waals surface area contributed by atoms with Crippen LogP contribution in [-0.2, 0) is 6.61 Å². The zero-order valence-corrected chi connectivity index (χ0v) is 16.5. The van der Waals surface area contributed by atoms with E-state index in [0.717, 1.165) is 33.5 Å². The van der Waals surface area contributed by atoms with E-state index in [2.05, 4.69) is 16.0 Å². The summed E-state index contributed by atoms with van der Waals surface area (Å²) in [7, 11) is 0. The van der Waals surface area contributed by atoms with Gasteiger partial charge in [0, 0.05) is 10.9 Å². The van der Waals surface area contributed by atoms with Crippen LogP contribution in [0, 0.1) is 11.3 Å². The molecule has 2 heterocycles. The first-order valence-corrected chi connectivity index (χ1v) is 9.84. The highest BCUT2D eigenvalue weighted by Gasteiger charge is 2.07. The first-order chi connectivity index (χ1) is 15.3. The number of fused-ring (bicyclic) bond motifs is 2.